The lowest BCUT2D eigenvalue weighted by atomic mass is 10.1. The van der Waals surface area contributed by atoms with E-state index < -0.39 is 35.6 Å². The first-order valence-electron chi connectivity index (χ1n) is 21.4. The van der Waals surface area contributed by atoms with Gasteiger partial charge in [0.15, 0.2) is 0 Å². The number of aliphatic carboxylic acids is 2. The number of benzene rings is 1. The van der Waals surface area contributed by atoms with Crippen molar-refractivity contribution in [3.8, 4) is 102 Å². The van der Waals surface area contributed by atoms with Gasteiger partial charge in [-0.2, -0.15) is 5.26 Å². The van der Waals surface area contributed by atoms with Crippen LogP contribution in [0.3, 0.4) is 0 Å². The average Bonchev–Trinajstić information content (AvgIpc) is 3.67. The Morgan fingerprint density at radius 2 is 1.15 bits per heavy atom. The zero-order chi connectivity index (χ0) is 51.9. The van der Waals surface area contributed by atoms with Crippen LogP contribution in [0.1, 0.15) is 29.5 Å². The maximum Gasteiger partial charge on any atom is 0.319 e. The van der Waals surface area contributed by atoms with Crippen molar-refractivity contribution in [3.05, 3.63) is 46.3 Å². The lowest BCUT2D eigenvalue weighted by Gasteiger charge is -2.25. The molecule has 1 aromatic carbocycles. The Kier molecular flexibility index (Phi) is 30.1. The number of rotatable bonds is 30. The van der Waals surface area contributed by atoms with Crippen molar-refractivity contribution in [2.24, 2.45) is 22.1 Å². The fraction of sp³-hybridized carbons (Fsp3) is 0.385. The summed E-state index contributed by atoms with van der Waals surface area (Å²) in [6.45, 7) is 15.0. The molecule has 1 aromatic heterocycles. The largest absolute Gasteiger partial charge is 0.480 e. The molecule has 2 aromatic rings. The predicted octanol–water partition coefficient (Wildman–Crippen LogP) is 3.79. The summed E-state index contributed by atoms with van der Waals surface area (Å²) < 4.78 is 28.3. The van der Waals surface area contributed by atoms with Gasteiger partial charge in [-0.25, -0.2) is 4.85 Å². The molecule has 0 bridgehead atoms. The molecular weight excluding hydrogens is 931 g/mol. The van der Waals surface area contributed by atoms with E-state index in [1.165, 1.54) is 0 Å². The molecule has 18 nitrogen and oxygen atoms in total. The Morgan fingerprint density at radius 3 is 1.59 bits per heavy atom. The highest BCUT2D eigenvalue weighted by atomic mass is 32.1. The fourth-order valence-corrected chi connectivity index (χ4v) is 6.24. The number of ether oxygens (including phenoxy) is 5. The first-order valence-corrected chi connectivity index (χ1v) is 22.3. The summed E-state index contributed by atoms with van der Waals surface area (Å²) in [5, 5.41) is 42.9. The van der Waals surface area contributed by atoms with Gasteiger partial charge >= 0.3 is 11.9 Å². The van der Waals surface area contributed by atoms with Gasteiger partial charge in [0, 0.05) is 31.9 Å². The number of azo groups is 1. The Morgan fingerprint density at radius 1 is 0.704 bits per heavy atom. The van der Waals surface area contributed by atoms with Crippen molar-refractivity contribution < 1.29 is 53.1 Å². The lowest BCUT2D eigenvalue weighted by molar-refractivity contribution is -0.142. The second-order valence-corrected chi connectivity index (χ2v) is 14.9. The highest BCUT2D eigenvalue weighted by Crippen LogP contribution is 2.41. The van der Waals surface area contributed by atoms with Crippen LogP contribution in [0.5, 0.6) is 0 Å². The number of amides is 2. The Bertz CT molecular complexity index is 2760. The zero-order valence-electron chi connectivity index (χ0n) is 39.1. The lowest BCUT2D eigenvalue weighted by Crippen LogP contribution is -2.32. The maximum absolute atomic E-state index is 12.3. The third kappa shape index (κ3) is 25.4. The van der Waals surface area contributed by atoms with Gasteiger partial charge in [0.2, 0.25) is 16.8 Å². The van der Waals surface area contributed by atoms with Crippen LogP contribution >= 0.6 is 11.3 Å². The van der Waals surface area contributed by atoms with Crippen molar-refractivity contribution in [3.63, 3.8) is 0 Å². The molecule has 0 aliphatic rings. The summed E-state index contributed by atoms with van der Waals surface area (Å²) in [7, 11) is 0. The molecule has 1 heterocycles. The third-order valence-electron chi connectivity index (χ3n) is 8.89. The Hall–Kier alpha value is -8.54. The number of anilines is 1. The monoisotopic (exact) mass is 979 g/mol. The number of nitrogens with one attached hydrogen (secondary N) is 2. The van der Waals surface area contributed by atoms with Crippen molar-refractivity contribution in [2.45, 2.75) is 26.7 Å². The number of terminal acetylenes is 2. The number of carboxylic acids is 2. The Balaban J connectivity index is 1.83. The summed E-state index contributed by atoms with van der Waals surface area (Å²) in [6, 6.07) is 7.76. The number of carbonyl (C=O) groups is 4. The van der Waals surface area contributed by atoms with Crippen molar-refractivity contribution >= 4 is 56.5 Å². The van der Waals surface area contributed by atoms with Crippen LogP contribution in [0, 0.1) is 139 Å². The molecule has 4 N–H and O–H groups in total. The van der Waals surface area contributed by atoms with E-state index in [0.29, 0.717) is 66.3 Å². The number of hydrogen-bond donors (Lipinski definition) is 4. The van der Waals surface area contributed by atoms with Gasteiger partial charge in [0.1, 0.15) is 22.9 Å². The van der Waals surface area contributed by atoms with E-state index in [-0.39, 0.29) is 65.6 Å². The minimum atomic E-state index is -1.26. The van der Waals surface area contributed by atoms with E-state index in [1.54, 1.807) is 6.92 Å². The second kappa shape index (κ2) is 36.5. The minimum absolute atomic E-state index is 0.151. The molecule has 0 aliphatic heterocycles. The number of hydrogen-bond acceptors (Lipinski definition) is 14. The smallest absolute Gasteiger partial charge is 0.319 e. The van der Waals surface area contributed by atoms with Crippen LogP contribution < -0.4 is 15.5 Å². The van der Waals surface area contributed by atoms with Gasteiger partial charge in [-0.15, -0.1) is 34.4 Å². The van der Waals surface area contributed by atoms with Crippen LogP contribution in [0.2, 0.25) is 0 Å². The normalized spacial score (nSPS) is 10.5. The van der Waals surface area contributed by atoms with Gasteiger partial charge < -0.3 is 49.4 Å². The number of carbonyl (C=O) groups excluding carboxylic acids is 2. The van der Waals surface area contributed by atoms with E-state index in [4.69, 9.17) is 43.1 Å². The van der Waals surface area contributed by atoms with Crippen molar-refractivity contribution in [1.82, 2.24) is 10.6 Å². The summed E-state index contributed by atoms with van der Waals surface area (Å²) in [4.78, 5) is 52.9. The van der Waals surface area contributed by atoms with Crippen LogP contribution in [0.4, 0.5) is 21.4 Å². The summed E-state index contributed by atoms with van der Waals surface area (Å²) >= 11 is 1.11. The van der Waals surface area contributed by atoms with E-state index in [2.05, 4.69) is 120 Å². The molecule has 2 atom stereocenters. The number of nitriles is 1. The fourth-order valence-electron chi connectivity index (χ4n) is 5.37. The highest BCUT2D eigenvalue weighted by molar-refractivity contribution is 7.20. The summed E-state index contributed by atoms with van der Waals surface area (Å²) in [5.41, 5.74) is 3.18. The highest BCUT2D eigenvalue weighted by Gasteiger charge is 2.20. The Labute approximate surface area is 418 Å². The van der Waals surface area contributed by atoms with E-state index in [1.807, 2.05) is 25.1 Å². The van der Waals surface area contributed by atoms with Gasteiger partial charge in [0.25, 0.3) is 0 Å². The molecule has 0 saturated carbocycles. The molecule has 2 unspecified atom stereocenters. The molecule has 2 amide bonds. The summed E-state index contributed by atoms with van der Waals surface area (Å²) in [5.74, 6) is 26.4. The molecule has 0 fully saturated rings. The molecule has 0 saturated heterocycles. The first kappa shape index (κ1) is 58.6. The van der Waals surface area contributed by atoms with E-state index in [9.17, 15) is 34.7 Å². The quantitative estimate of drug-likeness (QED) is 0.0378. The SMILES string of the molecule is [C-]#[N+]c1sc(N=Nc2ccc(N(CCOCCOCCNC(=O)CC(C#CC#CC#CC#C)C(=O)O)CCOCCOCCOCCNC(=O)CC(C#CC#CC#CC#C)C(=O)O)cc2C)c(C#N)c1C. The van der Waals surface area contributed by atoms with Gasteiger partial charge in [-0.05, 0) is 114 Å². The topological polar surface area (TPSA) is 235 Å². The second-order valence-electron chi connectivity index (χ2n) is 13.9. The van der Waals surface area contributed by atoms with Crippen LogP contribution in [0.15, 0.2) is 28.4 Å². The molecule has 2 rings (SSSR count). The summed E-state index contributed by atoms with van der Waals surface area (Å²) in [6.07, 6.45) is 9.26. The molecule has 0 radical (unpaired) electrons. The number of carboxylic acid groups (broad SMARTS) is 2. The molecule has 71 heavy (non-hydrogen) atoms. The standard InChI is InChI=1S/C52H49N7O11S/c1-6-8-10-12-14-16-18-42(51(62)63)37-47(60)55-22-26-66-30-32-68-28-24-59(44-20-21-46(40(3)36-44)57-58-50-45(39-53)41(4)49(54-5)71-50)25-29-69-33-35-70-34-31-67-27-23-56-48(61)38-43(52(64)65)19-17-15-13-11-9-7-2/h1-2,20-21,36,42-43H,22-35,37-38H2,3-4H3,(H,55,60)(H,56,61)(H,62,63)(H,64,65). The van der Waals surface area contributed by atoms with Crippen LogP contribution in [-0.2, 0) is 42.9 Å². The first-order chi connectivity index (χ1) is 34.4. The molecule has 19 heteroatoms. The number of aryl methyl sites for hydroxylation is 1. The molecule has 0 aliphatic carbocycles. The van der Waals surface area contributed by atoms with Crippen LogP contribution in [-0.4, -0.2) is 126 Å². The maximum atomic E-state index is 12.3. The van der Waals surface area contributed by atoms with Gasteiger partial charge in [-0.3, -0.25) is 19.2 Å². The van der Waals surface area contributed by atoms with Gasteiger partial charge in [0.05, 0.1) is 96.7 Å². The van der Waals surface area contributed by atoms with Crippen molar-refractivity contribution in [1.29, 1.82) is 5.26 Å². The predicted molar refractivity (Wildman–Crippen MR) is 264 cm³/mol. The number of thiophene rings is 1. The zero-order valence-corrected chi connectivity index (χ0v) is 39.9. The van der Waals surface area contributed by atoms with E-state index in [0.717, 1.165) is 22.6 Å². The average molecular weight is 980 g/mol. The molecule has 364 valence electrons. The third-order valence-corrected chi connectivity index (χ3v) is 9.96. The minimum Gasteiger partial charge on any atom is -0.480 e. The molecular formula is C52H49N7O11S. The van der Waals surface area contributed by atoms with Crippen LogP contribution in [0.25, 0.3) is 4.85 Å². The number of nitrogens with zero attached hydrogens (tertiary/aromatic N) is 5. The molecule has 0 spiro atoms. The van der Waals surface area contributed by atoms with E-state index >= 15 is 0 Å². The van der Waals surface area contributed by atoms with Crippen molar-refractivity contribution in [2.75, 3.05) is 97.1 Å². The van der Waals surface area contributed by atoms with Gasteiger partial charge in [-0.1, -0.05) is 11.8 Å².